The fraction of sp³-hybridized carbons (Fsp3) is 0.417. The van der Waals surface area contributed by atoms with E-state index in [9.17, 15) is 0 Å². The predicted octanol–water partition coefficient (Wildman–Crippen LogP) is 3.14. The van der Waals surface area contributed by atoms with Crippen LogP contribution >= 0.6 is 22.9 Å². The molecule has 2 heterocycles. The average Bonchev–Trinajstić information content (AvgIpc) is 2.87. The van der Waals surface area contributed by atoms with Crippen LogP contribution in [0.2, 0.25) is 5.02 Å². The SMILES string of the molecule is CC(C)NCc1ccnn1Cc1sccc1Cl. The zero-order valence-electron chi connectivity index (χ0n) is 9.98. The molecule has 2 aromatic heterocycles. The third-order valence-electron chi connectivity index (χ3n) is 2.48. The molecular weight excluding hydrogens is 254 g/mol. The smallest absolute Gasteiger partial charge is 0.0770 e. The van der Waals surface area contributed by atoms with Crippen molar-refractivity contribution in [2.24, 2.45) is 0 Å². The second-order valence-electron chi connectivity index (χ2n) is 4.21. The van der Waals surface area contributed by atoms with E-state index in [1.165, 1.54) is 5.69 Å². The fourth-order valence-corrected chi connectivity index (χ4v) is 2.61. The number of halogens is 1. The number of hydrogen-bond acceptors (Lipinski definition) is 3. The number of nitrogens with zero attached hydrogens (tertiary/aromatic N) is 2. The van der Waals surface area contributed by atoms with Gasteiger partial charge in [0, 0.05) is 23.7 Å². The molecule has 0 aromatic carbocycles. The Balaban J connectivity index is 2.06. The maximum atomic E-state index is 6.09. The van der Waals surface area contributed by atoms with E-state index in [2.05, 4.69) is 24.3 Å². The zero-order valence-corrected chi connectivity index (χ0v) is 11.6. The Morgan fingerprint density at radius 2 is 2.29 bits per heavy atom. The van der Waals surface area contributed by atoms with Gasteiger partial charge in [0.2, 0.25) is 0 Å². The Labute approximate surface area is 110 Å². The summed E-state index contributed by atoms with van der Waals surface area (Å²) in [7, 11) is 0. The van der Waals surface area contributed by atoms with Gasteiger partial charge in [0.15, 0.2) is 0 Å². The summed E-state index contributed by atoms with van der Waals surface area (Å²) >= 11 is 7.76. The minimum Gasteiger partial charge on any atom is -0.309 e. The summed E-state index contributed by atoms with van der Waals surface area (Å²) < 4.78 is 1.99. The van der Waals surface area contributed by atoms with Crippen LogP contribution in [0, 0.1) is 0 Å². The first-order chi connectivity index (χ1) is 8.16. The monoisotopic (exact) mass is 269 g/mol. The molecule has 0 spiro atoms. The molecule has 0 atom stereocenters. The first-order valence-electron chi connectivity index (χ1n) is 5.62. The number of aromatic nitrogens is 2. The van der Waals surface area contributed by atoms with Crippen molar-refractivity contribution in [1.82, 2.24) is 15.1 Å². The van der Waals surface area contributed by atoms with Gasteiger partial charge >= 0.3 is 0 Å². The second-order valence-corrected chi connectivity index (χ2v) is 5.62. The van der Waals surface area contributed by atoms with Crippen LogP contribution < -0.4 is 5.32 Å². The lowest BCUT2D eigenvalue weighted by Gasteiger charge is -2.10. The molecule has 0 aliphatic heterocycles. The van der Waals surface area contributed by atoms with E-state index in [4.69, 9.17) is 11.6 Å². The van der Waals surface area contributed by atoms with E-state index in [1.54, 1.807) is 11.3 Å². The molecule has 3 nitrogen and oxygen atoms in total. The molecule has 17 heavy (non-hydrogen) atoms. The maximum Gasteiger partial charge on any atom is 0.0770 e. The molecule has 0 radical (unpaired) electrons. The Morgan fingerprint density at radius 3 is 2.94 bits per heavy atom. The van der Waals surface area contributed by atoms with Crippen LogP contribution in [0.3, 0.4) is 0 Å². The second kappa shape index (κ2) is 5.67. The fourth-order valence-electron chi connectivity index (χ4n) is 1.54. The van der Waals surface area contributed by atoms with E-state index in [0.717, 1.165) is 23.0 Å². The Morgan fingerprint density at radius 1 is 1.47 bits per heavy atom. The van der Waals surface area contributed by atoms with Gasteiger partial charge < -0.3 is 5.32 Å². The normalized spacial score (nSPS) is 11.3. The summed E-state index contributed by atoms with van der Waals surface area (Å²) in [6.07, 6.45) is 1.83. The maximum absolute atomic E-state index is 6.09. The van der Waals surface area contributed by atoms with Crippen molar-refractivity contribution in [2.75, 3.05) is 0 Å². The summed E-state index contributed by atoms with van der Waals surface area (Å²) in [5, 5.41) is 10.6. The minimum atomic E-state index is 0.476. The Kier molecular flexibility index (Phi) is 4.20. The van der Waals surface area contributed by atoms with Crippen molar-refractivity contribution in [1.29, 1.82) is 0 Å². The standard InChI is InChI=1S/C12H16ClN3S/c1-9(2)14-7-10-3-5-15-16(10)8-12-11(13)4-6-17-12/h3-6,9,14H,7-8H2,1-2H3. The number of rotatable bonds is 5. The molecule has 0 aliphatic rings. The van der Waals surface area contributed by atoms with Crippen LogP contribution in [0.15, 0.2) is 23.7 Å². The predicted molar refractivity (Wildman–Crippen MR) is 72.6 cm³/mol. The van der Waals surface area contributed by atoms with E-state index in [0.29, 0.717) is 6.04 Å². The van der Waals surface area contributed by atoms with E-state index in [-0.39, 0.29) is 0 Å². The highest BCUT2D eigenvalue weighted by Crippen LogP contribution is 2.23. The highest BCUT2D eigenvalue weighted by atomic mass is 35.5. The van der Waals surface area contributed by atoms with Gasteiger partial charge in [-0.05, 0) is 17.5 Å². The molecule has 1 N–H and O–H groups in total. The van der Waals surface area contributed by atoms with E-state index < -0.39 is 0 Å². The van der Waals surface area contributed by atoms with Gasteiger partial charge in [-0.15, -0.1) is 11.3 Å². The molecule has 0 saturated carbocycles. The third kappa shape index (κ3) is 3.31. The van der Waals surface area contributed by atoms with E-state index in [1.807, 2.05) is 28.4 Å². The van der Waals surface area contributed by atoms with Crippen LogP contribution in [0.1, 0.15) is 24.4 Å². The van der Waals surface area contributed by atoms with Crippen molar-refractivity contribution in [3.05, 3.63) is 39.3 Å². The molecule has 5 heteroatoms. The van der Waals surface area contributed by atoms with Crippen molar-refractivity contribution in [3.8, 4) is 0 Å². The molecule has 0 aliphatic carbocycles. The van der Waals surface area contributed by atoms with Gasteiger partial charge in [0.05, 0.1) is 17.3 Å². The van der Waals surface area contributed by atoms with Gasteiger partial charge in [-0.2, -0.15) is 5.10 Å². The molecule has 0 amide bonds. The Bertz CT molecular complexity index is 476. The molecule has 92 valence electrons. The summed E-state index contributed by atoms with van der Waals surface area (Å²) in [4.78, 5) is 1.15. The van der Waals surface area contributed by atoms with Crippen molar-refractivity contribution >= 4 is 22.9 Å². The van der Waals surface area contributed by atoms with Crippen LogP contribution in [-0.4, -0.2) is 15.8 Å². The number of nitrogens with one attached hydrogen (secondary N) is 1. The third-order valence-corrected chi connectivity index (χ3v) is 3.85. The zero-order chi connectivity index (χ0) is 12.3. The minimum absolute atomic E-state index is 0.476. The molecule has 2 aromatic rings. The van der Waals surface area contributed by atoms with Crippen LogP contribution in [0.25, 0.3) is 0 Å². The lowest BCUT2D eigenvalue weighted by atomic mass is 10.3. The summed E-state index contributed by atoms with van der Waals surface area (Å²) in [6.45, 7) is 5.85. The molecule has 0 fully saturated rings. The van der Waals surface area contributed by atoms with Gasteiger partial charge in [-0.3, -0.25) is 4.68 Å². The summed E-state index contributed by atoms with van der Waals surface area (Å²) in [5.74, 6) is 0. The average molecular weight is 270 g/mol. The van der Waals surface area contributed by atoms with Crippen molar-refractivity contribution < 1.29 is 0 Å². The molecule has 0 bridgehead atoms. The lowest BCUT2D eigenvalue weighted by molar-refractivity contribution is 0.548. The highest BCUT2D eigenvalue weighted by molar-refractivity contribution is 7.10. The quantitative estimate of drug-likeness (QED) is 0.904. The summed E-state index contributed by atoms with van der Waals surface area (Å²) in [6, 6.07) is 4.44. The first-order valence-corrected chi connectivity index (χ1v) is 6.88. The topological polar surface area (TPSA) is 29.9 Å². The lowest BCUT2D eigenvalue weighted by Crippen LogP contribution is -2.23. The van der Waals surface area contributed by atoms with Crippen LogP contribution in [0.5, 0.6) is 0 Å². The van der Waals surface area contributed by atoms with Crippen molar-refractivity contribution in [3.63, 3.8) is 0 Å². The largest absolute Gasteiger partial charge is 0.309 e. The number of thiophene rings is 1. The summed E-state index contributed by atoms with van der Waals surface area (Å²) in [5.41, 5.74) is 1.18. The first kappa shape index (κ1) is 12.6. The number of hydrogen-bond donors (Lipinski definition) is 1. The van der Waals surface area contributed by atoms with Gasteiger partial charge in [0.1, 0.15) is 0 Å². The van der Waals surface area contributed by atoms with Crippen molar-refractivity contribution in [2.45, 2.75) is 33.0 Å². The molecule has 2 rings (SSSR count). The Hall–Kier alpha value is -0.840. The van der Waals surface area contributed by atoms with Gasteiger partial charge in [-0.1, -0.05) is 25.4 Å². The molecule has 0 unspecified atom stereocenters. The van der Waals surface area contributed by atoms with E-state index >= 15 is 0 Å². The van der Waals surface area contributed by atoms with Crippen LogP contribution in [-0.2, 0) is 13.1 Å². The molecule has 0 saturated heterocycles. The van der Waals surface area contributed by atoms with Gasteiger partial charge in [-0.25, -0.2) is 0 Å². The van der Waals surface area contributed by atoms with Gasteiger partial charge in [0.25, 0.3) is 0 Å². The molecular formula is C12H16ClN3S. The highest BCUT2D eigenvalue weighted by Gasteiger charge is 2.07. The van der Waals surface area contributed by atoms with Crippen LogP contribution in [0.4, 0.5) is 0 Å².